The first-order valence-corrected chi connectivity index (χ1v) is 5.73. The number of rotatable bonds is 3. The molecule has 1 fully saturated rings. The van der Waals surface area contributed by atoms with Crippen LogP contribution in [0.25, 0.3) is 0 Å². The van der Waals surface area contributed by atoms with E-state index in [4.69, 9.17) is 5.11 Å². The number of nitrogens with zero attached hydrogens (tertiary/aromatic N) is 1. The third-order valence-electron chi connectivity index (χ3n) is 2.26. The standard InChI is InChI=1S/C9H9N3O4S/c13-6-2-1-4(7(14)12-6)10-9-11-5(3-17-9)8(15)16/h3-4H,1-2H2,(H,10,11)(H,15,16)(H,12,13,14). The van der Waals surface area contributed by atoms with Gasteiger partial charge in [-0.15, -0.1) is 11.3 Å². The minimum Gasteiger partial charge on any atom is -0.476 e. The van der Waals surface area contributed by atoms with Gasteiger partial charge in [0.1, 0.15) is 6.04 Å². The molecule has 0 radical (unpaired) electrons. The fraction of sp³-hybridized carbons (Fsp3) is 0.333. The SMILES string of the molecule is O=C1CCC(Nc2nc(C(=O)O)cs2)C(=O)N1. The molecular weight excluding hydrogens is 246 g/mol. The first-order valence-electron chi connectivity index (χ1n) is 4.85. The Bertz CT molecular complexity index is 484. The van der Waals surface area contributed by atoms with Crippen molar-refractivity contribution < 1.29 is 19.5 Å². The maximum Gasteiger partial charge on any atom is 0.355 e. The highest BCUT2D eigenvalue weighted by Gasteiger charge is 2.27. The number of hydrogen-bond donors (Lipinski definition) is 3. The molecule has 1 aliphatic rings. The van der Waals surface area contributed by atoms with Crippen molar-refractivity contribution in [2.75, 3.05) is 5.32 Å². The Kier molecular flexibility index (Phi) is 3.05. The number of thiazole rings is 1. The van der Waals surface area contributed by atoms with Crippen molar-refractivity contribution in [2.45, 2.75) is 18.9 Å². The molecule has 1 atom stereocenters. The van der Waals surface area contributed by atoms with Crippen LogP contribution in [-0.2, 0) is 9.59 Å². The molecule has 1 aromatic heterocycles. The Hall–Kier alpha value is -1.96. The largest absolute Gasteiger partial charge is 0.476 e. The average molecular weight is 255 g/mol. The van der Waals surface area contributed by atoms with Gasteiger partial charge in [-0.25, -0.2) is 9.78 Å². The molecule has 7 nitrogen and oxygen atoms in total. The van der Waals surface area contributed by atoms with Crippen molar-refractivity contribution in [1.29, 1.82) is 0 Å². The van der Waals surface area contributed by atoms with Gasteiger partial charge in [-0.05, 0) is 6.42 Å². The van der Waals surface area contributed by atoms with Crippen molar-refractivity contribution in [2.24, 2.45) is 0 Å². The molecule has 17 heavy (non-hydrogen) atoms. The molecule has 1 unspecified atom stereocenters. The molecule has 8 heteroatoms. The van der Waals surface area contributed by atoms with E-state index in [2.05, 4.69) is 15.6 Å². The lowest BCUT2D eigenvalue weighted by atomic mass is 10.1. The fourth-order valence-electron chi connectivity index (χ4n) is 1.42. The lowest BCUT2D eigenvalue weighted by Crippen LogP contribution is -2.47. The zero-order valence-corrected chi connectivity index (χ0v) is 9.41. The van der Waals surface area contributed by atoms with Gasteiger partial charge in [-0.2, -0.15) is 0 Å². The van der Waals surface area contributed by atoms with E-state index >= 15 is 0 Å². The normalized spacial score (nSPS) is 19.9. The van der Waals surface area contributed by atoms with Crippen LogP contribution in [-0.4, -0.2) is 33.9 Å². The van der Waals surface area contributed by atoms with Crippen LogP contribution in [0.4, 0.5) is 5.13 Å². The van der Waals surface area contributed by atoms with Crippen molar-refractivity contribution >= 4 is 34.3 Å². The number of carbonyl (C=O) groups is 3. The van der Waals surface area contributed by atoms with E-state index in [-0.39, 0.29) is 18.0 Å². The number of imide groups is 1. The van der Waals surface area contributed by atoms with Crippen LogP contribution in [0.1, 0.15) is 23.3 Å². The summed E-state index contributed by atoms with van der Waals surface area (Å²) in [4.78, 5) is 36.7. The number of nitrogens with one attached hydrogen (secondary N) is 2. The molecule has 0 spiro atoms. The smallest absolute Gasteiger partial charge is 0.355 e. The van der Waals surface area contributed by atoms with Crippen molar-refractivity contribution in [1.82, 2.24) is 10.3 Å². The number of carboxylic acids is 1. The number of piperidine rings is 1. The van der Waals surface area contributed by atoms with Crippen LogP contribution in [0.2, 0.25) is 0 Å². The van der Waals surface area contributed by atoms with Crippen LogP contribution in [0, 0.1) is 0 Å². The summed E-state index contributed by atoms with van der Waals surface area (Å²) in [5.41, 5.74) is -0.0650. The summed E-state index contributed by atoms with van der Waals surface area (Å²) < 4.78 is 0. The predicted molar refractivity (Wildman–Crippen MR) is 58.9 cm³/mol. The Morgan fingerprint density at radius 1 is 1.59 bits per heavy atom. The van der Waals surface area contributed by atoms with Crippen molar-refractivity contribution in [3.05, 3.63) is 11.1 Å². The van der Waals surface area contributed by atoms with Crippen LogP contribution >= 0.6 is 11.3 Å². The number of anilines is 1. The number of amides is 2. The van der Waals surface area contributed by atoms with Gasteiger partial charge >= 0.3 is 5.97 Å². The Balaban J connectivity index is 2.02. The van der Waals surface area contributed by atoms with Crippen LogP contribution < -0.4 is 10.6 Å². The molecule has 1 aromatic rings. The second-order valence-corrected chi connectivity index (χ2v) is 4.35. The van der Waals surface area contributed by atoms with Crippen LogP contribution in [0.15, 0.2) is 5.38 Å². The fourth-order valence-corrected chi connectivity index (χ4v) is 2.16. The predicted octanol–water partition coefficient (Wildman–Crippen LogP) is 0.0584. The lowest BCUT2D eigenvalue weighted by Gasteiger charge is -2.21. The van der Waals surface area contributed by atoms with Gasteiger partial charge in [-0.1, -0.05) is 0 Å². The minimum absolute atomic E-state index is 0.0650. The number of aromatic nitrogens is 1. The maximum atomic E-state index is 11.4. The first kappa shape index (κ1) is 11.5. The Morgan fingerprint density at radius 3 is 2.94 bits per heavy atom. The van der Waals surface area contributed by atoms with Gasteiger partial charge in [-0.3, -0.25) is 14.9 Å². The van der Waals surface area contributed by atoms with E-state index in [1.54, 1.807) is 0 Å². The van der Waals surface area contributed by atoms with Gasteiger partial charge in [0, 0.05) is 11.8 Å². The molecule has 90 valence electrons. The summed E-state index contributed by atoms with van der Waals surface area (Å²) >= 11 is 1.11. The van der Waals surface area contributed by atoms with Crippen LogP contribution in [0.3, 0.4) is 0 Å². The van der Waals surface area contributed by atoms with E-state index in [1.165, 1.54) is 5.38 Å². The molecule has 1 saturated heterocycles. The first-order chi connectivity index (χ1) is 8.06. The van der Waals surface area contributed by atoms with E-state index in [9.17, 15) is 14.4 Å². The van der Waals surface area contributed by atoms with Gasteiger partial charge in [0.15, 0.2) is 10.8 Å². The topological polar surface area (TPSA) is 108 Å². The summed E-state index contributed by atoms with van der Waals surface area (Å²) in [7, 11) is 0. The third-order valence-corrected chi connectivity index (χ3v) is 3.03. The van der Waals surface area contributed by atoms with Gasteiger partial charge < -0.3 is 10.4 Å². The molecule has 0 saturated carbocycles. The monoisotopic (exact) mass is 255 g/mol. The van der Waals surface area contributed by atoms with Gasteiger partial charge in [0.2, 0.25) is 11.8 Å². The molecule has 1 aliphatic heterocycles. The molecule has 2 rings (SSSR count). The summed E-state index contributed by atoms with van der Waals surface area (Å²) in [6.45, 7) is 0. The van der Waals surface area contributed by atoms with E-state index < -0.39 is 17.9 Å². The zero-order chi connectivity index (χ0) is 12.4. The molecule has 0 aromatic carbocycles. The molecule has 3 N–H and O–H groups in total. The summed E-state index contributed by atoms with van der Waals surface area (Å²) in [5.74, 6) is -1.82. The molecular formula is C9H9N3O4S. The highest BCUT2D eigenvalue weighted by atomic mass is 32.1. The van der Waals surface area contributed by atoms with E-state index in [0.717, 1.165) is 11.3 Å². The summed E-state index contributed by atoms with van der Waals surface area (Å²) in [6, 6.07) is -0.541. The maximum absolute atomic E-state index is 11.4. The second-order valence-electron chi connectivity index (χ2n) is 3.49. The van der Waals surface area contributed by atoms with E-state index in [1.807, 2.05) is 0 Å². The second kappa shape index (κ2) is 4.50. The molecule has 2 amide bonds. The Labute approximate surface area is 99.9 Å². The minimum atomic E-state index is -1.11. The molecule has 2 heterocycles. The summed E-state index contributed by atoms with van der Waals surface area (Å²) in [6.07, 6.45) is 0.646. The summed E-state index contributed by atoms with van der Waals surface area (Å²) in [5, 5.41) is 15.4. The van der Waals surface area contributed by atoms with Crippen molar-refractivity contribution in [3.63, 3.8) is 0 Å². The highest BCUT2D eigenvalue weighted by Crippen LogP contribution is 2.18. The van der Waals surface area contributed by atoms with Crippen molar-refractivity contribution in [3.8, 4) is 0 Å². The molecule has 0 bridgehead atoms. The quantitative estimate of drug-likeness (QED) is 0.659. The van der Waals surface area contributed by atoms with Gasteiger partial charge in [0.25, 0.3) is 0 Å². The highest BCUT2D eigenvalue weighted by molar-refractivity contribution is 7.13. The third kappa shape index (κ3) is 2.59. The van der Waals surface area contributed by atoms with Crippen LogP contribution in [0.5, 0.6) is 0 Å². The number of hydrogen-bond acceptors (Lipinski definition) is 6. The number of carboxylic acid groups (broad SMARTS) is 1. The molecule has 0 aliphatic carbocycles. The van der Waals surface area contributed by atoms with E-state index in [0.29, 0.717) is 11.6 Å². The van der Waals surface area contributed by atoms with Gasteiger partial charge in [0.05, 0.1) is 0 Å². The number of carbonyl (C=O) groups excluding carboxylic acids is 2. The average Bonchev–Trinajstić information content (AvgIpc) is 2.71. The number of aromatic carboxylic acids is 1. The Morgan fingerprint density at radius 2 is 2.35 bits per heavy atom. The lowest BCUT2D eigenvalue weighted by molar-refractivity contribution is -0.133. The zero-order valence-electron chi connectivity index (χ0n) is 8.60.